The number of benzene rings is 1. The van der Waals surface area contributed by atoms with Crippen LogP contribution in [-0.4, -0.2) is 62.5 Å². The predicted octanol–water partition coefficient (Wildman–Crippen LogP) is 2.33. The van der Waals surface area contributed by atoms with Gasteiger partial charge in [-0.1, -0.05) is 44.2 Å². The summed E-state index contributed by atoms with van der Waals surface area (Å²) in [5.41, 5.74) is 1.66. The zero-order chi connectivity index (χ0) is 17.3. The molecular weight excluding hydrogens is 312 g/mol. The summed E-state index contributed by atoms with van der Waals surface area (Å²) in [6, 6.07) is 11.9. The molecule has 1 saturated carbocycles. The van der Waals surface area contributed by atoms with Crippen LogP contribution in [0, 0.1) is 11.3 Å². The lowest BCUT2D eigenvalue weighted by atomic mass is 9.57. The molecule has 2 saturated heterocycles. The van der Waals surface area contributed by atoms with E-state index in [1.54, 1.807) is 0 Å². The number of hydrogen-bond acceptors (Lipinski definition) is 4. The average molecular weight is 344 g/mol. The van der Waals surface area contributed by atoms with Gasteiger partial charge in [0, 0.05) is 49.7 Å². The summed E-state index contributed by atoms with van der Waals surface area (Å²) in [4.78, 5) is 2.55. The SMILES string of the molecule is CC1(C)[C@H](N[C@H](Cc2ccccc2)CN2CCOCC2)[C@H]2CCO[C@H]21. The summed E-state index contributed by atoms with van der Waals surface area (Å²) in [5.74, 6) is 0.693. The van der Waals surface area contributed by atoms with Gasteiger partial charge in [-0.15, -0.1) is 0 Å². The summed E-state index contributed by atoms with van der Waals surface area (Å²) in [5, 5.41) is 4.05. The van der Waals surface area contributed by atoms with Crippen molar-refractivity contribution in [2.45, 2.75) is 44.9 Å². The first-order valence-electron chi connectivity index (χ1n) is 9.86. The van der Waals surface area contributed by atoms with E-state index in [9.17, 15) is 0 Å². The molecule has 0 amide bonds. The second kappa shape index (κ2) is 7.36. The van der Waals surface area contributed by atoms with Gasteiger partial charge >= 0.3 is 0 Å². The van der Waals surface area contributed by atoms with E-state index in [1.165, 1.54) is 12.0 Å². The van der Waals surface area contributed by atoms with Crippen LogP contribution in [0.2, 0.25) is 0 Å². The van der Waals surface area contributed by atoms with Crippen LogP contribution in [0.3, 0.4) is 0 Å². The van der Waals surface area contributed by atoms with Crippen molar-refractivity contribution in [1.29, 1.82) is 0 Å². The van der Waals surface area contributed by atoms with E-state index in [-0.39, 0.29) is 5.41 Å². The standard InChI is InChI=1S/C21H32N2O2/c1-21(2)19(18-8-11-25-20(18)21)22-17(14-16-6-4-3-5-7-16)15-23-9-12-24-13-10-23/h3-7,17-20,22H,8-15H2,1-2H3/t17-,18-,19-,20-/m1/s1. The number of fused-ring (bicyclic) bond motifs is 1. The Morgan fingerprint density at radius 3 is 2.68 bits per heavy atom. The molecule has 4 rings (SSSR count). The molecule has 0 radical (unpaired) electrons. The minimum atomic E-state index is 0.237. The summed E-state index contributed by atoms with van der Waals surface area (Å²) in [6.45, 7) is 10.6. The molecule has 1 aliphatic carbocycles. The van der Waals surface area contributed by atoms with Gasteiger partial charge in [-0.05, 0) is 18.4 Å². The zero-order valence-electron chi connectivity index (χ0n) is 15.6. The first kappa shape index (κ1) is 17.5. The Balaban J connectivity index is 1.44. The highest BCUT2D eigenvalue weighted by molar-refractivity contribution is 5.17. The Bertz CT molecular complexity index is 556. The lowest BCUT2D eigenvalue weighted by Crippen LogP contribution is -2.68. The number of rotatable bonds is 6. The predicted molar refractivity (Wildman–Crippen MR) is 99.7 cm³/mol. The highest BCUT2D eigenvalue weighted by atomic mass is 16.5. The Hall–Kier alpha value is -0.940. The highest BCUT2D eigenvalue weighted by Gasteiger charge is 2.59. The van der Waals surface area contributed by atoms with Crippen molar-refractivity contribution in [3.63, 3.8) is 0 Å². The third-order valence-corrected chi connectivity index (χ3v) is 6.42. The molecule has 1 N–H and O–H groups in total. The maximum Gasteiger partial charge on any atom is 0.0685 e. The van der Waals surface area contributed by atoms with Crippen molar-refractivity contribution in [2.75, 3.05) is 39.5 Å². The van der Waals surface area contributed by atoms with Crippen LogP contribution in [0.25, 0.3) is 0 Å². The van der Waals surface area contributed by atoms with Gasteiger partial charge in [-0.3, -0.25) is 4.90 Å². The summed E-state index contributed by atoms with van der Waals surface area (Å²) < 4.78 is 11.5. The molecule has 1 aromatic carbocycles. The van der Waals surface area contributed by atoms with E-state index in [4.69, 9.17) is 9.47 Å². The maximum absolute atomic E-state index is 5.98. The molecule has 4 nitrogen and oxygen atoms in total. The molecule has 3 aliphatic rings. The van der Waals surface area contributed by atoms with Crippen LogP contribution < -0.4 is 5.32 Å². The van der Waals surface area contributed by atoms with Crippen molar-refractivity contribution in [1.82, 2.24) is 10.2 Å². The molecule has 25 heavy (non-hydrogen) atoms. The van der Waals surface area contributed by atoms with Crippen LogP contribution in [-0.2, 0) is 15.9 Å². The normalized spacial score (nSPS) is 32.8. The van der Waals surface area contributed by atoms with Crippen LogP contribution >= 0.6 is 0 Å². The summed E-state index contributed by atoms with van der Waals surface area (Å²) in [6.07, 6.45) is 2.75. The van der Waals surface area contributed by atoms with Gasteiger partial charge in [0.25, 0.3) is 0 Å². The lowest BCUT2D eigenvalue weighted by Gasteiger charge is -2.56. The zero-order valence-corrected chi connectivity index (χ0v) is 15.6. The van der Waals surface area contributed by atoms with E-state index in [1.807, 2.05) is 0 Å². The maximum atomic E-state index is 5.98. The Morgan fingerprint density at radius 2 is 1.92 bits per heavy atom. The fourth-order valence-electron chi connectivity index (χ4n) is 5.09. The van der Waals surface area contributed by atoms with Crippen LogP contribution in [0.1, 0.15) is 25.8 Å². The van der Waals surface area contributed by atoms with Crippen LogP contribution in [0.5, 0.6) is 0 Å². The molecule has 0 aromatic heterocycles. The second-order valence-electron chi connectivity index (χ2n) is 8.51. The monoisotopic (exact) mass is 344 g/mol. The van der Waals surface area contributed by atoms with Crippen molar-refractivity contribution in [3.05, 3.63) is 35.9 Å². The molecule has 0 spiro atoms. The summed E-state index contributed by atoms with van der Waals surface area (Å²) in [7, 11) is 0. The van der Waals surface area contributed by atoms with Crippen LogP contribution in [0.15, 0.2) is 30.3 Å². The molecule has 138 valence electrons. The van der Waals surface area contributed by atoms with Gasteiger partial charge in [0.15, 0.2) is 0 Å². The van der Waals surface area contributed by atoms with Crippen molar-refractivity contribution < 1.29 is 9.47 Å². The molecular formula is C21H32N2O2. The van der Waals surface area contributed by atoms with Gasteiger partial charge in [-0.2, -0.15) is 0 Å². The van der Waals surface area contributed by atoms with E-state index in [2.05, 4.69) is 54.4 Å². The Morgan fingerprint density at radius 1 is 1.16 bits per heavy atom. The number of morpholine rings is 1. The van der Waals surface area contributed by atoms with E-state index >= 15 is 0 Å². The Kier molecular flexibility index (Phi) is 5.14. The van der Waals surface area contributed by atoms with Gasteiger partial charge < -0.3 is 14.8 Å². The van der Waals surface area contributed by atoms with E-state index in [0.717, 1.165) is 45.9 Å². The fourth-order valence-corrected chi connectivity index (χ4v) is 5.09. The third-order valence-electron chi connectivity index (χ3n) is 6.42. The lowest BCUT2D eigenvalue weighted by molar-refractivity contribution is -0.116. The van der Waals surface area contributed by atoms with Gasteiger partial charge in [-0.25, -0.2) is 0 Å². The number of nitrogens with zero attached hydrogens (tertiary/aromatic N) is 1. The van der Waals surface area contributed by atoms with Gasteiger partial charge in [0.2, 0.25) is 0 Å². The molecule has 0 bridgehead atoms. The van der Waals surface area contributed by atoms with E-state index in [0.29, 0.717) is 24.1 Å². The second-order valence-corrected chi connectivity index (χ2v) is 8.51. The molecule has 2 heterocycles. The molecule has 4 heteroatoms. The summed E-state index contributed by atoms with van der Waals surface area (Å²) >= 11 is 0. The molecule has 2 aliphatic heterocycles. The van der Waals surface area contributed by atoms with Gasteiger partial charge in [0.1, 0.15) is 0 Å². The number of hydrogen-bond donors (Lipinski definition) is 1. The molecule has 1 aromatic rings. The van der Waals surface area contributed by atoms with Crippen molar-refractivity contribution >= 4 is 0 Å². The Labute approximate surface area is 151 Å². The van der Waals surface area contributed by atoms with Crippen LogP contribution in [0.4, 0.5) is 0 Å². The molecule has 3 fully saturated rings. The van der Waals surface area contributed by atoms with Crippen molar-refractivity contribution in [2.24, 2.45) is 11.3 Å². The molecule has 4 atom stereocenters. The largest absolute Gasteiger partial charge is 0.379 e. The quantitative estimate of drug-likeness (QED) is 0.859. The fraction of sp³-hybridized carbons (Fsp3) is 0.714. The minimum Gasteiger partial charge on any atom is -0.379 e. The van der Waals surface area contributed by atoms with E-state index < -0.39 is 0 Å². The topological polar surface area (TPSA) is 33.7 Å². The molecule has 0 unspecified atom stereocenters. The average Bonchev–Trinajstić information content (AvgIpc) is 3.08. The van der Waals surface area contributed by atoms with Gasteiger partial charge in [0.05, 0.1) is 19.3 Å². The first-order chi connectivity index (χ1) is 12.1. The highest BCUT2D eigenvalue weighted by Crippen LogP contribution is 2.52. The van der Waals surface area contributed by atoms with Crippen molar-refractivity contribution in [3.8, 4) is 0 Å². The number of ether oxygens (including phenoxy) is 2. The first-order valence-corrected chi connectivity index (χ1v) is 9.86. The number of nitrogens with one attached hydrogen (secondary N) is 1. The smallest absolute Gasteiger partial charge is 0.0685 e. The minimum absolute atomic E-state index is 0.237. The third kappa shape index (κ3) is 3.63.